The topological polar surface area (TPSA) is 87.7 Å². The molecule has 25 heavy (non-hydrogen) atoms. The summed E-state index contributed by atoms with van der Waals surface area (Å²) in [4.78, 5) is 36.6. The number of rotatable bonds is 3. The molecule has 1 aromatic rings. The van der Waals surface area contributed by atoms with Crippen molar-refractivity contribution in [2.45, 2.75) is 39.2 Å². The molecule has 2 rings (SSSR count). The Balaban J connectivity index is 1.83. The van der Waals surface area contributed by atoms with Gasteiger partial charge in [-0.3, -0.25) is 15.0 Å². The number of ether oxygens (including phenoxy) is 1. The molecular formula is C18H23N3O4. The van der Waals surface area contributed by atoms with Gasteiger partial charge < -0.3 is 9.64 Å². The Morgan fingerprint density at radius 1 is 1.16 bits per heavy atom. The average molecular weight is 345 g/mol. The van der Waals surface area contributed by atoms with Crippen LogP contribution in [-0.2, 0) is 14.3 Å². The zero-order chi connectivity index (χ0) is 18.4. The Morgan fingerprint density at radius 2 is 1.84 bits per heavy atom. The molecule has 0 spiro atoms. The molecule has 1 aliphatic heterocycles. The van der Waals surface area contributed by atoms with Crippen LogP contribution in [0.2, 0.25) is 0 Å². The Bertz CT molecular complexity index is 675. The summed E-state index contributed by atoms with van der Waals surface area (Å²) in [6.45, 7) is 5.93. The molecule has 1 fully saturated rings. The number of nitrogens with one attached hydrogen (secondary N) is 2. The number of carbonyl (C=O) groups is 3. The van der Waals surface area contributed by atoms with E-state index in [4.69, 9.17) is 4.74 Å². The van der Waals surface area contributed by atoms with Crippen molar-refractivity contribution >= 4 is 29.7 Å². The van der Waals surface area contributed by atoms with E-state index >= 15 is 0 Å². The molecule has 2 N–H and O–H groups in total. The number of anilines is 1. The maximum Gasteiger partial charge on any atom is 0.426 e. The minimum Gasteiger partial charge on any atom is -0.443 e. The highest BCUT2D eigenvalue weighted by Gasteiger charge is 2.21. The summed E-state index contributed by atoms with van der Waals surface area (Å²) in [5, 5.41) is 0. The fourth-order valence-electron chi connectivity index (χ4n) is 2.32. The van der Waals surface area contributed by atoms with E-state index in [2.05, 4.69) is 10.9 Å². The molecule has 0 aliphatic carbocycles. The van der Waals surface area contributed by atoms with Crippen molar-refractivity contribution in [2.24, 2.45) is 0 Å². The number of benzene rings is 1. The number of hydrogen-bond donors (Lipinski definition) is 2. The zero-order valence-corrected chi connectivity index (χ0v) is 14.7. The standard InChI is InChI=1S/C18H23N3O4/c1-18(2,3)25-17(24)20-19-15(22)11-8-13-6-9-14(10-7-13)21-12-4-5-16(21)23/h6-11H,4-5,12H2,1-3H3,(H,19,22)(H,20,24). The molecule has 1 saturated heterocycles. The molecule has 1 aliphatic rings. The minimum atomic E-state index is -0.728. The maximum absolute atomic E-state index is 11.7. The van der Waals surface area contributed by atoms with Gasteiger partial charge in [0.1, 0.15) is 5.60 Å². The first-order chi connectivity index (χ1) is 11.7. The molecule has 0 atom stereocenters. The minimum absolute atomic E-state index is 0.135. The van der Waals surface area contributed by atoms with Gasteiger partial charge in [0.2, 0.25) is 5.91 Å². The number of amides is 3. The molecule has 0 radical (unpaired) electrons. The highest BCUT2D eigenvalue weighted by molar-refractivity contribution is 5.95. The van der Waals surface area contributed by atoms with Gasteiger partial charge in [-0.15, -0.1) is 0 Å². The second-order valence-electron chi connectivity index (χ2n) is 6.69. The first-order valence-corrected chi connectivity index (χ1v) is 8.12. The van der Waals surface area contributed by atoms with Crippen molar-refractivity contribution in [3.05, 3.63) is 35.9 Å². The van der Waals surface area contributed by atoms with Gasteiger partial charge in [0.05, 0.1) is 0 Å². The van der Waals surface area contributed by atoms with Crippen molar-refractivity contribution in [2.75, 3.05) is 11.4 Å². The SMILES string of the molecule is CC(C)(C)OC(=O)NNC(=O)C=Cc1ccc(N2CCCC2=O)cc1. The van der Waals surface area contributed by atoms with Gasteiger partial charge >= 0.3 is 6.09 Å². The third-order valence-electron chi connectivity index (χ3n) is 3.39. The third-order valence-corrected chi connectivity index (χ3v) is 3.39. The van der Waals surface area contributed by atoms with Gasteiger partial charge in [0.15, 0.2) is 0 Å². The lowest BCUT2D eigenvalue weighted by Gasteiger charge is -2.19. The third kappa shape index (κ3) is 5.95. The maximum atomic E-state index is 11.7. The first-order valence-electron chi connectivity index (χ1n) is 8.12. The average Bonchev–Trinajstić information content (AvgIpc) is 2.96. The molecule has 0 aromatic heterocycles. The van der Waals surface area contributed by atoms with Crippen LogP contribution in [0.25, 0.3) is 6.08 Å². The predicted octanol–water partition coefficient (Wildman–Crippen LogP) is 2.38. The van der Waals surface area contributed by atoms with E-state index in [-0.39, 0.29) is 5.91 Å². The molecule has 0 unspecified atom stereocenters. The van der Waals surface area contributed by atoms with Gasteiger partial charge in [-0.05, 0) is 51.0 Å². The highest BCUT2D eigenvalue weighted by atomic mass is 16.6. The molecule has 7 nitrogen and oxygen atoms in total. The lowest BCUT2D eigenvalue weighted by atomic mass is 10.2. The second kappa shape index (κ2) is 7.83. The fourth-order valence-corrected chi connectivity index (χ4v) is 2.32. The van der Waals surface area contributed by atoms with Gasteiger partial charge in [-0.1, -0.05) is 12.1 Å². The van der Waals surface area contributed by atoms with Gasteiger partial charge in [-0.25, -0.2) is 10.2 Å². The Labute approximate surface area is 147 Å². The molecule has 1 heterocycles. The van der Waals surface area contributed by atoms with E-state index in [0.29, 0.717) is 6.42 Å². The summed E-state index contributed by atoms with van der Waals surface area (Å²) >= 11 is 0. The van der Waals surface area contributed by atoms with E-state index in [1.807, 2.05) is 24.3 Å². The van der Waals surface area contributed by atoms with Crippen molar-refractivity contribution in [3.8, 4) is 0 Å². The van der Waals surface area contributed by atoms with Crippen LogP contribution in [-0.4, -0.2) is 30.1 Å². The number of hydrogen-bond acceptors (Lipinski definition) is 4. The van der Waals surface area contributed by atoms with Crippen LogP contribution in [0.3, 0.4) is 0 Å². The summed E-state index contributed by atoms with van der Waals surface area (Å²) in [6.07, 6.45) is 3.65. The summed E-state index contributed by atoms with van der Waals surface area (Å²) in [5.74, 6) is -0.347. The fraction of sp³-hybridized carbons (Fsp3) is 0.389. The smallest absolute Gasteiger partial charge is 0.426 e. The van der Waals surface area contributed by atoms with Crippen LogP contribution in [0.1, 0.15) is 39.2 Å². The van der Waals surface area contributed by atoms with Crippen molar-refractivity contribution in [1.82, 2.24) is 10.9 Å². The summed E-state index contributed by atoms with van der Waals surface area (Å²) in [6, 6.07) is 7.34. The summed E-state index contributed by atoms with van der Waals surface area (Å²) in [5.41, 5.74) is 5.43. The van der Waals surface area contributed by atoms with E-state index in [0.717, 1.165) is 24.2 Å². The molecular weight excluding hydrogens is 322 g/mol. The van der Waals surface area contributed by atoms with Crippen molar-refractivity contribution < 1.29 is 19.1 Å². The van der Waals surface area contributed by atoms with Gasteiger partial charge in [0, 0.05) is 24.7 Å². The molecule has 0 saturated carbocycles. The van der Waals surface area contributed by atoms with Crippen LogP contribution in [0.5, 0.6) is 0 Å². The molecule has 0 bridgehead atoms. The first kappa shape index (κ1) is 18.5. The van der Waals surface area contributed by atoms with E-state index in [1.54, 1.807) is 31.7 Å². The predicted molar refractivity (Wildman–Crippen MR) is 94.6 cm³/mol. The van der Waals surface area contributed by atoms with Crippen LogP contribution < -0.4 is 15.8 Å². The molecule has 3 amide bonds. The normalized spacial score (nSPS) is 14.7. The molecule has 1 aromatic carbocycles. The summed E-state index contributed by atoms with van der Waals surface area (Å²) in [7, 11) is 0. The van der Waals surface area contributed by atoms with E-state index in [9.17, 15) is 14.4 Å². The Morgan fingerprint density at radius 3 is 2.40 bits per heavy atom. The molecule has 7 heteroatoms. The Hall–Kier alpha value is -2.83. The number of hydrazine groups is 1. The van der Waals surface area contributed by atoms with E-state index in [1.165, 1.54) is 6.08 Å². The Kier molecular flexibility index (Phi) is 5.80. The van der Waals surface area contributed by atoms with Crippen molar-refractivity contribution in [1.29, 1.82) is 0 Å². The van der Waals surface area contributed by atoms with Crippen LogP contribution in [0, 0.1) is 0 Å². The quantitative estimate of drug-likeness (QED) is 0.650. The zero-order valence-electron chi connectivity index (χ0n) is 14.7. The van der Waals surface area contributed by atoms with Crippen LogP contribution in [0.4, 0.5) is 10.5 Å². The van der Waals surface area contributed by atoms with Gasteiger partial charge in [0.25, 0.3) is 5.91 Å². The van der Waals surface area contributed by atoms with Crippen LogP contribution in [0.15, 0.2) is 30.3 Å². The second-order valence-corrected chi connectivity index (χ2v) is 6.69. The highest BCUT2D eigenvalue weighted by Crippen LogP contribution is 2.21. The monoisotopic (exact) mass is 345 g/mol. The van der Waals surface area contributed by atoms with Crippen molar-refractivity contribution in [3.63, 3.8) is 0 Å². The number of nitrogens with zero attached hydrogens (tertiary/aromatic N) is 1. The number of carbonyl (C=O) groups excluding carboxylic acids is 3. The van der Waals surface area contributed by atoms with E-state index < -0.39 is 17.6 Å². The summed E-state index contributed by atoms with van der Waals surface area (Å²) < 4.78 is 5.00. The van der Waals surface area contributed by atoms with Crippen LogP contribution >= 0.6 is 0 Å². The lowest BCUT2D eigenvalue weighted by Crippen LogP contribution is -2.43. The lowest BCUT2D eigenvalue weighted by molar-refractivity contribution is -0.118. The molecule has 134 valence electrons. The van der Waals surface area contributed by atoms with Gasteiger partial charge in [-0.2, -0.15) is 0 Å². The largest absolute Gasteiger partial charge is 0.443 e.